The molecule has 4 rings (SSSR count). The summed E-state index contributed by atoms with van der Waals surface area (Å²) in [5, 5.41) is 9.30. The lowest BCUT2D eigenvalue weighted by Crippen LogP contribution is -2.34. The number of Topliss-reactive ketones (excluding diaryl/α,β-unsaturated/α-hetero) is 1. The molecule has 0 unspecified atom stereocenters. The number of rotatable bonds is 1. The molecule has 0 atom stereocenters. The van der Waals surface area contributed by atoms with Crippen molar-refractivity contribution in [3.63, 3.8) is 0 Å². The number of amides is 1. The standard InChI is InChI=1S/C17H17N3O3/c21-15-5-1-4-13-16(15)20(10-18-13)12-6-7-14-11(9-12)3-2-8-19(14)17(22)23/h6-7,9-10H,1-5,8H2,(H,22,23). The van der Waals surface area contributed by atoms with Crippen LogP contribution in [0, 0.1) is 0 Å². The van der Waals surface area contributed by atoms with E-state index in [1.165, 1.54) is 4.90 Å². The minimum atomic E-state index is -0.922. The maximum Gasteiger partial charge on any atom is 0.411 e. The molecular formula is C17H17N3O3. The zero-order valence-corrected chi connectivity index (χ0v) is 12.7. The van der Waals surface area contributed by atoms with E-state index >= 15 is 0 Å². The van der Waals surface area contributed by atoms with Crippen LogP contribution in [-0.2, 0) is 12.8 Å². The molecule has 23 heavy (non-hydrogen) atoms. The number of aryl methyl sites for hydroxylation is 2. The van der Waals surface area contributed by atoms with Crippen molar-refractivity contribution in [3.8, 4) is 5.69 Å². The van der Waals surface area contributed by atoms with Crippen molar-refractivity contribution in [3.05, 3.63) is 41.5 Å². The third-order valence-electron chi connectivity index (χ3n) is 4.62. The van der Waals surface area contributed by atoms with Gasteiger partial charge in [-0.3, -0.25) is 14.3 Å². The van der Waals surface area contributed by atoms with Crippen molar-refractivity contribution in [1.29, 1.82) is 0 Å². The maximum absolute atomic E-state index is 12.2. The number of carbonyl (C=O) groups is 2. The molecule has 6 nitrogen and oxygen atoms in total. The number of carboxylic acid groups (broad SMARTS) is 1. The number of nitrogens with zero attached hydrogens (tertiary/aromatic N) is 3. The van der Waals surface area contributed by atoms with Crippen molar-refractivity contribution in [2.24, 2.45) is 0 Å². The first-order valence-corrected chi connectivity index (χ1v) is 7.88. The average Bonchev–Trinajstić information content (AvgIpc) is 2.99. The van der Waals surface area contributed by atoms with Crippen LogP contribution in [0.5, 0.6) is 0 Å². The van der Waals surface area contributed by atoms with Gasteiger partial charge in [0.25, 0.3) is 0 Å². The molecule has 0 spiro atoms. The van der Waals surface area contributed by atoms with Crippen LogP contribution in [0.25, 0.3) is 5.69 Å². The zero-order valence-electron chi connectivity index (χ0n) is 12.7. The highest BCUT2D eigenvalue weighted by molar-refractivity contribution is 5.97. The fourth-order valence-electron chi connectivity index (χ4n) is 3.53. The van der Waals surface area contributed by atoms with Crippen LogP contribution in [-0.4, -0.2) is 33.1 Å². The van der Waals surface area contributed by atoms with Crippen LogP contribution >= 0.6 is 0 Å². The summed E-state index contributed by atoms with van der Waals surface area (Å²) in [5.74, 6) is 0.133. The number of benzene rings is 1. The molecule has 1 amide bonds. The average molecular weight is 311 g/mol. The van der Waals surface area contributed by atoms with Gasteiger partial charge in [-0.1, -0.05) is 0 Å². The van der Waals surface area contributed by atoms with E-state index in [1.54, 1.807) is 6.33 Å². The first-order chi connectivity index (χ1) is 11.1. The Morgan fingerprint density at radius 3 is 2.87 bits per heavy atom. The van der Waals surface area contributed by atoms with E-state index in [0.29, 0.717) is 18.7 Å². The number of hydrogen-bond donors (Lipinski definition) is 1. The third-order valence-corrected chi connectivity index (χ3v) is 4.62. The number of hydrogen-bond acceptors (Lipinski definition) is 3. The predicted octanol–water partition coefficient (Wildman–Crippen LogP) is 2.82. The number of carbonyl (C=O) groups excluding carboxylic acids is 1. The molecule has 6 heteroatoms. The van der Waals surface area contributed by atoms with Crippen LogP contribution in [0.15, 0.2) is 24.5 Å². The van der Waals surface area contributed by atoms with Gasteiger partial charge in [0.2, 0.25) is 0 Å². The van der Waals surface area contributed by atoms with Crippen LogP contribution in [0.3, 0.4) is 0 Å². The van der Waals surface area contributed by atoms with Gasteiger partial charge in [-0.15, -0.1) is 0 Å². The molecule has 2 heterocycles. The van der Waals surface area contributed by atoms with Gasteiger partial charge in [0.15, 0.2) is 5.78 Å². The monoisotopic (exact) mass is 311 g/mol. The second kappa shape index (κ2) is 5.22. The topological polar surface area (TPSA) is 75.4 Å². The fraction of sp³-hybridized carbons (Fsp3) is 0.353. The van der Waals surface area contributed by atoms with E-state index in [2.05, 4.69) is 4.98 Å². The maximum atomic E-state index is 12.2. The predicted molar refractivity (Wildman–Crippen MR) is 84.5 cm³/mol. The number of imidazole rings is 1. The molecule has 0 saturated carbocycles. The van der Waals surface area contributed by atoms with Crippen LogP contribution in [0.2, 0.25) is 0 Å². The molecule has 1 aromatic heterocycles. The lowest BCUT2D eigenvalue weighted by Gasteiger charge is -2.27. The van der Waals surface area contributed by atoms with E-state index in [-0.39, 0.29) is 5.78 Å². The Hall–Kier alpha value is -2.63. The number of aromatic nitrogens is 2. The van der Waals surface area contributed by atoms with Crippen LogP contribution in [0.1, 0.15) is 41.0 Å². The van der Waals surface area contributed by atoms with Crippen molar-refractivity contribution in [2.75, 3.05) is 11.4 Å². The Morgan fingerprint density at radius 1 is 1.17 bits per heavy atom. The molecule has 1 aliphatic heterocycles. The van der Waals surface area contributed by atoms with Gasteiger partial charge in [-0.05, 0) is 49.4 Å². The lowest BCUT2D eigenvalue weighted by molar-refractivity contribution is 0.0965. The summed E-state index contributed by atoms with van der Waals surface area (Å²) < 4.78 is 1.84. The second-order valence-electron chi connectivity index (χ2n) is 6.04. The number of ketones is 1. The Morgan fingerprint density at radius 2 is 2.04 bits per heavy atom. The summed E-state index contributed by atoms with van der Waals surface area (Å²) in [6.07, 6.45) is 4.70. The van der Waals surface area contributed by atoms with Crippen LogP contribution in [0.4, 0.5) is 10.5 Å². The van der Waals surface area contributed by atoms with E-state index < -0.39 is 6.09 Å². The first kappa shape index (κ1) is 14.0. The zero-order chi connectivity index (χ0) is 16.0. The Labute approximate surface area is 133 Å². The van der Waals surface area contributed by atoms with Gasteiger partial charge in [0.1, 0.15) is 12.0 Å². The highest BCUT2D eigenvalue weighted by Gasteiger charge is 2.25. The summed E-state index contributed by atoms with van der Waals surface area (Å²) in [6.45, 7) is 0.528. The summed E-state index contributed by atoms with van der Waals surface area (Å²) in [6, 6.07) is 5.68. The smallest absolute Gasteiger partial charge is 0.411 e. The SMILES string of the molecule is O=C1CCCc2ncn(-c3ccc4c(c3)CCCN4C(=O)O)c21. The van der Waals surface area contributed by atoms with Gasteiger partial charge in [-0.2, -0.15) is 0 Å². The summed E-state index contributed by atoms with van der Waals surface area (Å²) in [5.41, 5.74) is 4.17. The van der Waals surface area contributed by atoms with E-state index in [1.807, 2.05) is 22.8 Å². The van der Waals surface area contributed by atoms with Crippen LogP contribution < -0.4 is 4.90 Å². The van der Waals surface area contributed by atoms with Crippen molar-refractivity contribution in [2.45, 2.75) is 32.1 Å². The normalized spacial score (nSPS) is 16.9. The molecule has 118 valence electrons. The van der Waals surface area contributed by atoms with E-state index in [0.717, 1.165) is 48.3 Å². The van der Waals surface area contributed by atoms with Crippen molar-refractivity contribution >= 4 is 17.6 Å². The Balaban J connectivity index is 1.79. The van der Waals surface area contributed by atoms with E-state index in [9.17, 15) is 14.7 Å². The minimum Gasteiger partial charge on any atom is -0.465 e. The quantitative estimate of drug-likeness (QED) is 0.878. The molecule has 2 aromatic rings. The van der Waals surface area contributed by atoms with E-state index in [4.69, 9.17) is 0 Å². The summed E-state index contributed by atoms with van der Waals surface area (Å²) in [7, 11) is 0. The molecule has 1 N–H and O–H groups in total. The second-order valence-corrected chi connectivity index (χ2v) is 6.04. The van der Waals surface area contributed by atoms with Gasteiger partial charge < -0.3 is 5.11 Å². The summed E-state index contributed by atoms with van der Waals surface area (Å²) >= 11 is 0. The van der Waals surface area contributed by atoms with Gasteiger partial charge in [0, 0.05) is 18.7 Å². The Bertz CT molecular complexity index is 809. The van der Waals surface area contributed by atoms with Crippen molar-refractivity contribution < 1.29 is 14.7 Å². The van der Waals surface area contributed by atoms with Gasteiger partial charge >= 0.3 is 6.09 Å². The molecule has 1 aliphatic carbocycles. The first-order valence-electron chi connectivity index (χ1n) is 7.88. The Kier molecular flexibility index (Phi) is 3.18. The molecule has 0 bridgehead atoms. The largest absolute Gasteiger partial charge is 0.465 e. The van der Waals surface area contributed by atoms with Gasteiger partial charge in [0.05, 0.1) is 11.4 Å². The molecular weight excluding hydrogens is 294 g/mol. The summed E-state index contributed by atoms with van der Waals surface area (Å²) in [4.78, 5) is 29.3. The minimum absolute atomic E-state index is 0.133. The molecule has 2 aliphatic rings. The highest BCUT2D eigenvalue weighted by atomic mass is 16.4. The third kappa shape index (κ3) is 2.21. The molecule has 1 aromatic carbocycles. The number of fused-ring (bicyclic) bond motifs is 2. The molecule has 0 radical (unpaired) electrons. The van der Waals surface area contributed by atoms with Gasteiger partial charge in [-0.25, -0.2) is 9.78 Å². The van der Waals surface area contributed by atoms with Crippen molar-refractivity contribution in [1.82, 2.24) is 9.55 Å². The fourth-order valence-corrected chi connectivity index (χ4v) is 3.53. The lowest BCUT2D eigenvalue weighted by atomic mass is 9.98. The molecule has 0 saturated heterocycles. The molecule has 0 fully saturated rings. The highest BCUT2D eigenvalue weighted by Crippen LogP contribution is 2.31. The number of anilines is 1.